The molecular formula is C11H15N3O4S. The van der Waals surface area contributed by atoms with E-state index in [1.807, 2.05) is 0 Å². The van der Waals surface area contributed by atoms with E-state index < -0.39 is 17.9 Å². The van der Waals surface area contributed by atoms with E-state index in [0.717, 1.165) is 11.3 Å². The van der Waals surface area contributed by atoms with Crippen molar-refractivity contribution in [2.45, 2.75) is 26.8 Å². The second-order valence-corrected chi connectivity index (χ2v) is 4.52. The molecule has 8 heteroatoms. The van der Waals surface area contributed by atoms with Crippen LogP contribution in [0.4, 0.5) is 5.13 Å². The normalized spacial score (nSPS) is 11.5. The molecular weight excluding hydrogens is 270 g/mol. The van der Waals surface area contributed by atoms with Gasteiger partial charge >= 0.3 is 5.97 Å². The summed E-state index contributed by atoms with van der Waals surface area (Å²) in [7, 11) is 0. The molecule has 1 unspecified atom stereocenters. The molecule has 1 atom stereocenters. The number of anilines is 1. The first-order valence-corrected chi connectivity index (χ1v) is 6.52. The summed E-state index contributed by atoms with van der Waals surface area (Å²) in [5, 5.41) is 6.77. The number of nitrogens with zero attached hydrogens (tertiary/aromatic N) is 1. The molecule has 0 spiro atoms. The van der Waals surface area contributed by atoms with E-state index >= 15 is 0 Å². The van der Waals surface area contributed by atoms with Gasteiger partial charge in [-0.25, -0.2) is 9.78 Å². The lowest BCUT2D eigenvalue weighted by Crippen LogP contribution is -2.39. The monoisotopic (exact) mass is 285 g/mol. The minimum Gasteiger partial charge on any atom is -0.464 e. The lowest BCUT2D eigenvalue weighted by Gasteiger charge is -2.11. The van der Waals surface area contributed by atoms with E-state index in [1.54, 1.807) is 6.92 Å². The molecule has 0 aliphatic rings. The number of amides is 2. The summed E-state index contributed by atoms with van der Waals surface area (Å²) in [5.41, 5.74) is 0.143. The van der Waals surface area contributed by atoms with Gasteiger partial charge in [-0.1, -0.05) is 0 Å². The van der Waals surface area contributed by atoms with Crippen molar-refractivity contribution < 1.29 is 19.1 Å². The Morgan fingerprint density at radius 1 is 1.47 bits per heavy atom. The number of hydrogen-bond acceptors (Lipinski definition) is 6. The summed E-state index contributed by atoms with van der Waals surface area (Å²) in [6.45, 7) is 4.82. The summed E-state index contributed by atoms with van der Waals surface area (Å²) in [4.78, 5) is 37.9. The maximum absolute atomic E-state index is 11.8. The van der Waals surface area contributed by atoms with E-state index in [-0.39, 0.29) is 18.2 Å². The predicted octanol–water partition coefficient (Wildman–Crippen LogP) is 0.783. The van der Waals surface area contributed by atoms with Gasteiger partial charge < -0.3 is 15.4 Å². The van der Waals surface area contributed by atoms with Crippen LogP contribution in [-0.4, -0.2) is 35.4 Å². The number of ether oxygens (including phenoxy) is 1. The number of carbonyl (C=O) groups excluding carboxylic acids is 3. The van der Waals surface area contributed by atoms with E-state index in [0.29, 0.717) is 5.13 Å². The number of aromatic nitrogens is 1. The van der Waals surface area contributed by atoms with Gasteiger partial charge in [-0.05, 0) is 13.8 Å². The Hall–Kier alpha value is -1.96. The average Bonchev–Trinajstić information content (AvgIpc) is 2.76. The van der Waals surface area contributed by atoms with Gasteiger partial charge in [0.05, 0.1) is 6.61 Å². The van der Waals surface area contributed by atoms with Crippen molar-refractivity contribution in [1.82, 2.24) is 10.3 Å². The zero-order valence-corrected chi connectivity index (χ0v) is 11.7. The van der Waals surface area contributed by atoms with Crippen LogP contribution in [0.15, 0.2) is 5.38 Å². The summed E-state index contributed by atoms with van der Waals surface area (Å²) in [6.07, 6.45) is 0. The molecule has 1 aromatic heterocycles. The molecule has 0 saturated carbocycles. The van der Waals surface area contributed by atoms with Crippen molar-refractivity contribution in [3.63, 3.8) is 0 Å². The van der Waals surface area contributed by atoms with E-state index in [4.69, 9.17) is 4.74 Å². The molecule has 0 aliphatic carbocycles. The molecule has 104 valence electrons. The molecule has 7 nitrogen and oxygen atoms in total. The van der Waals surface area contributed by atoms with Gasteiger partial charge in [0, 0.05) is 12.3 Å². The highest BCUT2D eigenvalue weighted by atomic mass is 32.1. The Morgan fingerprint density at radius 3 is 2.74 bits per heavy atom. The number of hydrogen-bond donors (Lipinski definition) is 2. The molecule has 1 heterocycles. The number of nitrogens with one attached hydrogen (secondary N) is 2. The molecule has 2 amide bonds. The van der Waals surface area contributed by atoms with Crippen LogP contribution in [0.25, 0.3) is 0 Å². The highest BCUT2D eigenvalue weighted by Gasteiger charge is 2.19. The summed E-state index contributed by atoms with van der Waals surface area (Å²) >= 11 is 1.13. The predicted molar refractivity (Wildman–Crippen MR) is 70.0 cm³/mol. The van der Waals surface area contributed by atoms with Crippen molar-refractivity contribution >= 4 is 34.3 Å². The largest absolute Gasteiger partial charge is 0.464 e. The van der Waals surface area contributed by atoms with Crippen molar-refractivity contribution in [3.05, 3.63) is 11.1 Å². The quantitative estimate of drug-likeness (QED) is 0.779. The summed E-state index contributed by atoms with van der Waals surface area (Å²) < 4.78 is 4.77. The molecule has 0 fully saturated rings. The minimum absolute atomic E-state index is 0.143. The van der Waals surface area contributed by atoms with E-state index in [9.17, 15) is 14.4 Å². The van der Waals surface area contributed by atoms with Gasteiger partial charge in [0.15, 0.2) is 5.13 Å². The second kappa shape index (κ2) is 6.83. The van der Waals surface area contributed by atoms with Gasteiger partial charge in [-0.3, -0.25) is 9.59 Å². The van der Waals surface area contributed by atoms with Crippen molar-refractivity contribution in [2.75, 3.05) is 11.9 Å². The standard InChI is InChI=1S/C11H15N3O4S/c1-4-18-10(17)6(2)12-9(16)8-5-19-11(14-8)13-7(3)15/h5-6H,4H2,1-3H3,(H,12,16)(H,13,14,15). The van der Waals surface area contributed by atoms with E-state index in [1.165, 1.54) is 19.2 Å². The van der Waals surface area contributed by atoms with Crippen LogP contribution in [0.1, 0.15) is 31.3 Å². The van der Waals surface area contributed by atoms with Gasteiger partial charge in [0.25, 0.3) is 5.91 Å². The van der Waals surface area contributed by atoms with E-state index in [2.05, 4.69) is 15.6 Å². The van der Waals surface area contributed by atoms with Crippen LogP contribution in [0.3, 0.4) is 0 Å². The van der Waals surface area contributed by atoms with Gasteiger partial charge in [-0.15, -0.1) is 11.3 Å². The van der Waals surface area contributed by atoms with Crippen molar-refractivity contribution in [2.24, 2.45) is 0 Å². The van der Waals surface area contributed by atoms with Crippen LogP contribution in [0.2, 0.25) is 0 Å². The van der Waals surface area contributed by atoms with Crippen molar-refractivity contribution in [1.29, 1.82) is 0 Å². The fraction of sp³-hybridized carbons (Fsp3) is 0.455. The molecule has 1 aromatic rings. The molecule has 0 aliphatic heterocycles. The number of carbonyl (C=O) groups is 3. The van der Waals surface area contributed by atoms with Crippen molar-refractivity contribution in [3.8, 4) is 0 Å². The zero-order valence-electron chi connectivity index (χ0n) is 10.9. The third kappa shape index (κ3) is 4.66. The topological polar surface area (TPSA) is 97.4 Å². The first kappa shape index (κ1) is 15.1. The Morgan fingerprint density at radius 2 is 2.16 bits per heavy atom. The SMILES string of the molecule is CCOC(=O)C(C)NC(=O)c1csc(NC(C)=O)n1. The maximum Gasteiger partial charge on any atom is 0.328 e. The molecule has 0 bridgehead atoms. The third-order valence-electron chi connectivity index (χ3n) is 2.01. The summed E-state index contributed by atoms with van der Waals surface area (Å²) in [5.74, 6) is -1.26. The molecule has 0 aromatic carbocycles. The Balaban J connectivity index is 2.60. The Labute approximate surface area is 114 Å². The maximum atomic E-state index is 11.8. The van der Waals surface area contributed by atoms with Gasteiger partial charge in [-0.2, -0.15) is 0 Å². The lowest BCUT2D eigenvalue weighted by molar-refractivity contribution is -0.144. The fourth-order valence-corrected chi connectivity index (χ4v) is 1.92. The number of esters is 1. The average molecular weight is 285 g/mol. The fourth-order valence-electron chi connectivity index (χ4n) is 1.18. The molecule has 0 saturated heterocycles. The number of rotatable bonds is 5. The highest BCUT2D eigenvalue weighted by Crippen LogP contribution is 2.15. The van der Waals surface area contributed by atoms with Crippen LogP contribution < -0.4 is 10.6 Å². The van der Waals surface area contributed by atoms with Crippen LogP contribution >= 0.6 is 11.3 Å². The van der Waals surface area contributed by atoms with Gasteiger partial charge in [0.2, 0.25) is 5.91 Å². The molecule has 2 N–H and O–H groups in total. The summed E-state index contributed by atoms with van der Waals surface area (Å²) in [6, 6.07) is -0.752. The highest BCUT2D eigenvalue weighted by molar-refractivity contribution is 7.14. The van der Waals surface area contributed by atoms with Crippen LogP contribution in [0.5, 0.6) is 0 Å². The van der Waals surface area contributed by atoms with Gasteiger partial charge in [0.1, 0.15) is 11.7 Å². The number of thiazole rings is 1. The Kier molecular flexibility index (Phi) is 5.43. The van der Waals surface area contributed by atoms with Crippen LogP contribution in [-0.2, 0) is 14.3 Å². The zero-order chi connectivity index (χ0) is 14.4. The molecule has 0 radical (unpaired) electrons. The second-order valence-electron chi connectivity index (χ2n) is 3.67. The first-order chi connectivity index (χ1) is 8.93. The third-order valence-corrected chi connectivity index (χ3v) is 2.77. The first-order valence-electron chi connectivity index (χ1n) is 5.64. The smallest absolute Gasteiger partial charge is 0.328 e. The Bertz CT molecular complexity index is 486. The van der Waals surface area contributed by atoms with Crippen LogP contribution in [0, 0.1) is 0 Å². The minimum atomic E-state index is -0.752. The molecule has 19 heavy (non-hydrogen) atoms. The lowest BCUT2D eigenvalue weighted by atomic mass is 10.3. The molecule has 1 rings (SSSR count).